The molecule has 0 radical (unpaired) electrons. The van der Waals surface area contributed by atoms with Crippen molar-refractivity contribution in [2.75, 3.05) is 20.1 Å². The van der Waals surface area contributed by atoms with E-state index in [4.69, 9.17) is 0 Å². The largest absolute Gasteiger partial charge is 0.314 e. The Bertz CT molecular complexity index is 193. The van der Waals surface area contributed by atoms with Gasteiger partial charge in [-0.1, -0.05) is 27.7 Å². The Labute approximate surface area is 108 Å². The maximum Gasteiger partial charge on any atom is 0.00925 e. The molecule has 0 atom stereocenters. The van der Waals surface area contributed by atoms with Crippen LogP contribution in [-0.4, -0.2) is 37.1 Å². The van der Waals surface area contributed by atoms with E-state index < -0.39 is 0 Å². The van der Waals surface area contributed by atoms with Gasteiger partial charge >= 0.3 is 0 Å². The summed E-state index contributed by atoms with van der Waals surface area (Å²) in [6.45, 7) is 11.6. The Kier molecular flexibility index (Phi) is 6.50. The molecule has 0 aromatic rings. The summed E-state index contributed by atoms with van der Waals surface area (Å²) >= 11 is 0. The molecule has 1 aliphatic carbocycles. The topological polar surface area (TPSA) is 15.3 Å². The maximum absolute atomic E-state index is 3.58. The highest BCUT2D eigenvalue weighted by Crippen LogP contribution is 2.27. The summed E-state index contributed by atoms with van der Waals surface area (Å²) in [5.41, 5.74) is 0. The molecule has 1 N–H and O–H groups in total. The third-order valence-electron chi connectivity index (χ3n) is 3.91. The minimum absolute atomic E-state index is 0.635. The van der Waals surface area contributed by atoms with Gasteiger partial charge in [-0.3, -0.25) is 0 Å². The van der Waals surface area contributed by atoms with Gasteiger partial charge in [-0.2, -0.15) is 0 Å². The molecule has 1 saturated carbocycles. The van der Waals surface area contributed by atoms with Gasteiger partial charge in [0.15, 0.2) is 0 Å². The lowest BCUT2D eigenvalue weighted by Crippen LogP contribution is -2.39. The Morgan fingerprint density at radius 1 is 1.06 bits per heavy atom. The van der Waals surface area contributed by atoms with E-state index in [0.29, 0.717) is 6.04 Å². The minimum atomic E-state index is 0.635. The third kappa shape index (κ3) is 5.87. The lowest BCUT2D eigenvalue weighted by molar-refractivity contribution is 0.150. The second kappa shape index (κ2) is 7.38. The van der Waals surface area contributed by atoms with E-state index in [1.54, 1.807) is 0 Å². The van der Waals surface area contributed by atoms with E-state index in [9.17, 15) is 0 Å². The van der Waals surface area contributed by atoms with E-state index in [2.05, 4.69) is 45.0 Å². The van der Waals surface area contributed by atoms with E-state index >= 15 is 0 Å². The van der Waals surface area contributed by atoms with Crippen LogP contribution in [0.3, 0.4) is 0 Å². The molecule has 1 rings (SSSR count). The third-order valence-corrected chi connectivity index (χ3v) is 3.91. The Balaban J connectivity index is 2.21. The van der Waals surface area contributed by atoms with Crippen LogP contribution in [0.1, 0.15) is 53.4 Å². The van der Waals surface area contributed by atoms with Crippen molar-refractivity contribution in [3.8, 4) is 0 Å². The van der Waals surface area contributed by atoms with Crippen LogP contribution in [-0.2, 0) is 0 Å². The fourth-order valence-corrected chi connectivity index (χ4v) is 2.92. The van der Waals surface area contributed by atoms with Crippen LogP contribution >= 0.6 is 0 Å². The van der Waals surface area contributed by atoms with Crippen LogP contribution < -0.4 is 5.32 Å². The average Bonchev–Trinajstić information content (AvgIpc) is 2.26. The molecule has 1 fully saturated rings. The van der Waals surface area contributed by atoms with Crippen LogP contribution in [0, 0.1) is 11.8 Å². The number of rotatable bonds is 6. The highest BCUT2D eigenvalue weighted by atomic mass is 15.1. The molecular formula is C15H32N2. The number of nitrogens with zero attached hydrogens (tertiary/aromatic N) is 1. The average molecular weight is 240 g/mol. The number of hydrogen-bond donors (Lipinski definition) is 1. The molecule has 1 aliphatic rings. The van der Waals surface area contributed by atoms with Gasteiger partial charge in [0.2, 0.25) is 0 Å². The Morgan fingerprint density at radius 2 is 1.65 bits per heavy atom. The SMILES string of the molecule is CC(C)CN(C)[C@H]1CC[C@@H](CNC(C)C)CC1. The molecule has 0 amide bonds. The first-order valence-corrected chi connectivity index (χ1v) is 7.42. The lowest BCUT2D eigenvalue weighted by Gasteiger charge is -2.35. The van der Waals surface area contributed by atoms with Gasteiger partial charge < -0.3 is 10.2 Å². The van der Waals surface area contributed by atoms with Gasteiger partial charge in [-0.25, -0.2) is 0 Å². The van der Waals surface area contributed by atoms with Crippen molar-refractivity contribution in [2.24, 2.45) is 11.8 Å². The van der Waals surface area contributed by atoms with E-state index in [1.165, 1.54) is 38.8 Å². The van der Waals surface area contributed by atoms with Crippen molar-refractivity contribution in [2.45, 2.75) is 65.5 Å². The number of hydrogen-bond acceptors (Lipinski definition) is 2. The lowest BCUT2D eigenvalue weighted by atomic mass is 9.85. The smallest absolute Gasteiger partial charge is 0.00925 e. The van der Waals surface area contributed by atoms with Crippen molar-refractivity contribution in [1.82, 2.24) is 10.2 Å². The van der Waals surface area contributed by atoms with Crippen molar-refractivity contribution in [3.05, 3.63) is 0 Å². The molecule has 2 nitrogen and oxygen atoms in total. The second-order valence-corrected chi connectivity index (χ2v) is 6.57. The zero-order chi connectivity index (χ0) is 12.8. The molecule has 0 saturated heterocycles. The Morgan fingerprint density at radius 3 is 2.12 bits per heavy atom. The van der Waals surface area contributed by atoms with Crippen LogP contribution in [0.2, 0.25) is 0 Å². The van der Waals surface area contributed by atoms with Gasteiger partial charge in [0, 0.05) is 18.6 Å². The van der Waals surface area contributed by atoms with E-state index in [-0.39, 0.29) is 0 Å². The van der Waals surface area contributed by atoms with Gasteiger partial charge in [-0.15, -0.1) is 0 Å². The van der Waals surface area contributed by atoms with E-state index in [1.807, 2.05) is 0 Å². The van der Waals surface area contributed by atoms with Crippen LogP contribution in [0.5, 0.6) is 0 Å². The first kappa shape index (κ1) is 15.0. The summed E-state index contributed by atoms with van der Waals surface area (Å²) in [4.78, 5) is 2.58. The predicted molar refractivity (Wildman–Crippen MR) is 76.4 cm³/mol. The normalized spacial score (nSPS) is 26.1. The summed E-state index contributed by atoms with van der Waals surface area (Å²) in [6, 6.07) is 1.48. The molecule has 17 heavy (non-hydrogen) atoms. The Hall–Kier alpha value is -0.0800. The summed E-state index contributed by atoms with van der Waals surface area (Å²) < 4.78 is 0. The standard InChI is InChI=1S/C15H32N2/c1-12(2)11-17(5)15-8-6-14(7-9-15)10-16-13(3)4/h12-16H,6-11H2,1-5H3/t14-,15+. The maximum atomic E-state index is 3.58. The molecule has 102 valence electrons. The molecule has 0 spiro atoms. The number of nitrogens with one attached hydrogen (secondary N) is 1. The van der Waals surface area contributed by atoms with Gasteiger partial charge in [0.25, 0.3) is 0 Å². The highest BCUT2D eigenvalue weighted by molar-refractivity contribution is 4.79. The fraction of sp³-hybridized carbons (Fsp3) is 1.00. The quantitative estimate of drug-likeness (QED) is 0.767. The van der Waals surface area contributed by atoms with Crippen LogP contribution in [0.15, 0.2) is 0 Å². The first-order valence-electron chi connectivity index (χ1n) is 7.42. The molecule has 0 aromatic carbocycles. The van der Waals surface area contributed by atoms with Gasteiger partial charge in [-0.05, 0) is 51.1 Å². The summed E-state index contributed by atoms with van der Waals surface area (Å²) in [5.74, 6) is 1.71. The molecule has 0 unspecified atom stereocenters. The predicted octanol–water partition coefficient (Wildman–Crippen LogP) is 3.13. The van der Waals surface area contributed by atoms with Gasteiger partial charge in [0.1, 0.15) is 0 Å². The summed E-state index contributed by atoms with van der Waals surface area (Å²) in [6.07, 6.45) is 5.61. The first-order chi connectivity index (χ1) is 7.99. The van der Waals surface area contributed by atoms with Crippen molar-refractivity contribution < 1.29 is 0 Å². The summed E-state index contributed by atoms with van der Waals surface area (Å²) in [5, 5.41) is 3.58. The summed E-state index contributed by atoms with van der Waals surface area (Å²) in [7, 11) is 2.30. The van der Waals surface area contributed by atoms with Crippen LogP contribution in [0.4, 0.5) is 0 Å². The molecule has 0 aromatic heterocycles. The molecule has 0 heterocycles. The van der Waals surface area contributed by atoms with Gasteiger partial charge in [0.05, 0.1) is 0 Å². The zero-order valence-electron chi connectivity index (χ0n) is 12.5. The van der Waals surface area contributed by atoms with Crippen molar-refractivity contribution in [3.63, 3.8) is 0 Å². The minimum Gasteiger partial charge on any atom is -0.314 e. The molecule has 0 bridgehead atoms. The highest BCUT2D eigenvalue weighted by Gasteiger charge is 2.23. The zero-order valence-corrected chi connectivity index (χ0v) is 12.5. The molecular weight excluding hydrogens is 208 g/mol. The molecule has 0 aliphatic heterocycles. The van der Waals surface area contributed by atoms with Crippen molar-refractivity contribution in [1.29, 1.82) is 0 Å². The van der Waals surface area contributed by atoms with Crippen molar-refractivity contribution >= 4 is 0 Å². The second-order valence-electron chi connectivity index (χ2n) is 6.57. The van der Waals surface area contributed by atoms with E-state index in [0.717, 1.165) is 17.9 Å². The van der Waals surface area contributed by atoms with Crippen LogP contribution in [0.25, 0.3) is 0 Å². The monoisotopic (exact) mass is 240 g/mol. The fourth-order valence-electron chi connectivity index (χ4n) is 2.92. The molecule has 2 heteroatoms.